The minimum atomic E-state index is -0.753. The minimum Gasteiger partial charge on any atom is -0.481 e. The summed E-state index contributed by atoms with van der Waals surface area (Å²) >= 11 is 6.57. The molecule has 3 saturated heterocycles. The van der Waals surface area contributed by atoms with E-state index in [0.29, 0.717) is 63.0 Å². The number of ether oxygens (including phenoxy) is 2. The van der Waals surface area contributed by atoms with Gasteiger partial charge in [0.2, 0.25) is 5.91 Å². The van der Waals surface area contributed by atoms with Gasteiger partial charge < -0.3 is 29.4 Å². The maximum Gasteiger partial charge on any atom is 0.306 e. The summed E-state index contributed by atoms with van der Waals surface area (Å²) in [5, 5.41) is 13.0. The Hall–Kier alpha value is -3.51. The number of anilines is 1. The van der Waals surface area contributed by atoms with Gasteiger partial charge >= 0.3 is 5.97 Å². The van der Waals surface area contributed by atoms with Crippen molar-refractivity contribution in [3.8, 4) is 0 Å². The Morgan fingerprint density at radius 1 is 1.06 bits per heavy atom. The number of hydrogen-bond donors (Lipinski definition) is 2. The first-order chi connectivity index (χ1) is 23.1. The molecule has 48 heavy (non-hydrogen) atoms. The van der Waals surface area contributed by atoms with Crippen LogP contribution < -0.4 is 5.32 Å². The first-order valence-electron chi connectivity index (χ1n) is 16.9. The average molecular weight is 681 g/mol. The molecule has 12 heteroatoms. The number of carboxylic acid groups (broad SMARTS) is 1. The smallest absolute Gasteiger partial charge is 0.306 e. The Labute approximate surface area is 284 Å². The van der Waals surface area contributed by atoms with Gasteiger partial charge in [-0.15, -0.1) is 0 Å². The van der Waals surface area contributed by atoms with E-state index in [-0.39, 0.29) is 52.7 Å². The van der Waals surface area contributed by atoms with E-state index in [1.54, 1.807) is 6.20 Å². The van der Waals surface area contributed by atoms with Crippen molar-refractivity contribution in [1.29, 1.82) is 0 Å². The Bertz CT molecular complexity index is 1710. The van der Waals surface area contributed by atoms with Gasteiger partial charge in [0.15, 0.2) is 0 Å². The fraction of sp³-hybridized carbons (Fsp3) is 0.528. The number of fused-ring (bicyclic) bond motifs is 3. The molecule has 2 amide bonds. The number of carbonyl (C=O) groups excluding carboxylic acids is 2. The van der Waals surface area contributed by atoms with Gasteiger partial charge in [-0.3, -0.25) is 19.3 Å². The van der Waals surface area contributed by atoms with Crippen LogP contribution in [0.2, 0.25) is 5.02 Å². The number of para-hydroxylation sites is 1. The molecule has 2 bridgehead atoms. The molecule has 0 spiro atoms. The topological polar surface area (TPSA) is 113 Å². The molecule has 1 aliphatic carbocycles. The van der Waals surface area contributed by atoms with Crippen molar-refractivity contribution in [2.75, 3.05) is 38.2 Å². The van der Waals surface area contributed by atoms with Gasteiger partial charge in [0.1, 0.15) is 5.82 Å². The second-order valence-corrected chi connectivity index (χ2v) is 14.4. The van der Waals surface area contributed by atoms with E-state index in [9.17, 15) is 19.5 Å². The lowest BCUT2D eigenvalue weighted by Crippen LogP contribution is -2.43. The molecule has 2 unspecified atom stereocenters. The Kier molecular flexibility index (Phi) is 9.47. The van der Waals surface area contributed by atoms with Crippen molar-refractivity contribution in [3.05, 3.63) is 64.6 Å². The van der Waals surface area contributed by atoms with Crippen LogP contribution in [-0.4, -0.2) is 94.4 Å². The quantitative estimate of drug-likeness (QED) is 0.323. The summed E-state index contributed by atoms with van der Waals surface area (Å²) in [6, 6.07) is 10.4. The molecule has 256 valence electrons. The van der Waals surface area contributed by atoms with Gasteiger partial charge in [-0.1, -0.05) is 29.8 Å². The zero-order valence-corrected chi connectivity index (χ0v) is 27.8. The first-order valence-corrected chi connectivity index (χ1v) is 17.3. The molecule has 0 radical (unpaired) electrons. The highest BCUT2D eigenvalue weighted by Gasteiger charge is 2.45. The Balaban J connectivity index is 1.04. The summed E-state index contributed by atoms with van der Waals surface area (Å²) in [4.78, 5) is 42.8. The predicted octanol–water partition coefficient (Wildman–Crippen LogP) is 5.12. The van der Waals surface area contributed by atoms with Crippen LogP contribution in [0.5, 0.6) is 0 Å². The highest BCUT2D eigenvalue weighted by molar-refractivity contribution is 6.34. The third-order valence-electron chi connectivity index (χ3n) is 10.8. The highest BCUT2D eigenvalue weighted by atomic mass is 35.5. The number of benzene rings is 2. The molecule has 2 aromatic carbocycles. The molecule has 1 saturated carbocycles. The number of nitrogens with one attached hydrogen (secondary N) is 1. The van der Waals surface area contributed by atoms with E-state index in [0.717, 1.165) is 36.9 Å². The van der Waals surface area contributed by atoms with Crippen LogP contribution in [0.25, 0.3) is 10.9 Å². The number of rotatable bonds is 9. The van der Waals surface area contributed by atoms with E-state index in [2.05, 4.69) is 10.2 Å². The molecule has 10 nitrogen and oxygen atoms in total. The number of hydrogen-bond acceptors (Lipinski definition) is 6. The molecule has 4 atom stereocenters. The fourth-order valence-corrected chi connectivity index (χ4v) is 8.49. The Morgan fingerprint density at radius 3 is 2.62 bits per heavy atom. The number of amides is 2. The lowest BCUT2D eigenvalue weighted by atomic mass is 9.87. The van der Waals surface area contributed by atoms with Gasteiger partial charge in [0, 0.05) is 49.3 Å². The average Bonchev–Trinajstić information content (AvgIpc) is 3.75. The van der Waals surface area contributed by atoms with E-state index in [1.807, 2.05) is 40.8 Å². The minimum absolute atomic E-state index is 0.0381. The third kappa shape index (κ3) is 6.70. The monoisotopic (exact) mass is 680 g/mol. The highest BCUT2D eigenvalue weighted by Crippen LogP contribution is 2.36. The van der Waals surface area contributed by atoms with Gasteiger partial charge in [-0.2, -0.15) is 0 Å². The third-order valence-corrected chi connectivity index (χ3v) is 11.1. The van der Waals surface area contributed by atoms with Crippen LogP contribution in [0.4, 0.5) is 10.1 Å². The molecule has 7 rings (SSSR count). The number of aryl methyl sites for hydroxylation is 1. The van der Waals surface area contributed by atoms with Gasteiger partial charge in [0.25, 0.3) is 5.91 Å². The summed E-state index contributed by atoms with van der Waals surface area (Å²) < 4.78 is 29.5. The van der Waals surface area contributed by atoms with Gasteiger partial charge in [-0.05, 0) is 68.2 Å². The van der Waals surface area contributed by atoms with E-state index in [1.165, 1.54) is 12.1 Å². The van der Waals surface area contributed by atoms with Gasteiger partial charge in [0.05, 0.1) is 60.6 Å². The lowest BCUT2D eigenvalue weighted by molar-refractivity contribution is -0.144. The zero-order valence-electron chi connectivity index (χ0n) is 27.1. The zero-order chi connectivity index (χ0) is 33.5. The molecule has 3 aliphatic heterocycles. The molecule has 4 heterocycles. The second-order valence-electron chi connectivity index (χ2n) is 13.9. The number of carbonyl (C=O) groups is 3. The van der Waals surface area contributed by atoms with E-state index >= 15 is 4.39 Å². The maximum atomic E-state index is 15.6. The number of aromatic nitrogens is 1. The number of carboxylic acids is 1. The van der Waals surface area contributed by atoms with Crippen LogP contribution in [0.3, 0.4) is 0 Å². The molecule has 4 fully saturated rings. The second kappa shape index (κ2) is 13.8. The molecular weight excluding hydrogens is 639 g/mol. The van der Waals surface area contributed by atoms with Crippen LogP contribution in [0.1, 0.15) is 54.4 Å². The maximum absolute atomic E-state index is 15.6. The van der Waals surface area contributed by atoms with Crippen molar-refractivity contribution in [1.82, 2.24) is 14.4 Å². The normalized spacial score (nSPS) is 27.4. The molecule has 1 aromatic heterocycles. The fourth-order valence-electron chi connectivity index (χ4n) is 8.26. The summed E-state index contributed by atoms with van der Waals surface area (Å²) in [7, 11) is 1.86. The first kappa shape index (κ1) is 33.0. The summed E-state index contributed by atoms with van der Waals surface area (Å²) in [6.07, 6.45) is 5.91. The van der Waals surface area contributed by atoms with Crippen molar-refractivity contribution in [2.24, 2.45) is 18.9 Å². The van der Waals surface area contributed by atoms with Crippen LogP contribution in [0, 0.1) is 17.7 Å². The molecule has 2 N–H and O–H groups in total. The van der Waals surface area contributed by atoms with E-state index in [4.69, 9.17) is 21.1 Å². The number of likely N-dealkylation sites (tertiary alicyclic amines) is 2. The molecular formula is C36H42ClFN4O6. The van der Waals surface area contributed by atoms with Crippen molar-refractivity contribution >= 4 is 46.0 Å². The standard InChI is InChI=1S/C36H42ClFN4O6/c1-40-17-29(28-4-2-3-5-33(28)40)35(44)39-32-14-31(38)23(11-30(32)37)12-34(43)42-16-24(41-15-21-10-25(41)19-47-18-21)13-26(42)20-48-27-8-6-22(7-9-27)36(45)46/h2-5,11,14,17,21-22,24-27H,6-10,12-13,15-16,18-20H2,1H3,(H,39,44)(H,45,46)/t21?,22-,24-,25?,26-,27-/m0/s1. The van der Waals surface area contributed by atoms with Crippen molar-refractivity contribution < 1.29 is 33.4 Å². The number of aliphatic carboxylic acids is 1. The molecule has 3 aromatic rings. The van der Waals surface area contributed by atoms with Crippen LogP contribution in [-0.2, 0) is 32.5 Å². The summed E-state index contributed by atoms with van der Waals surface area (Å²) in [6.45, 7) is 3.29. The molecule has 4 aliphatic rings. The number of nitrogens with zero attached hydrogens (tertiary/aromatic N) is 3. The number of halogens is 2. The van der Waals surface area contributed by atoms with Crippen molar-refractivity contribution in [2.45, 2.75) is 69.2 Å². The summed E-state index contributed by atoms with van der Waals surface area (Å²) in [5.41, 5.74) is 1.64. The van der Waals surface area contributed by atoms with Crippen molar-refractivity contribution in [3.63, 3.8) is 0 Å². The van der Waals surface area contributed by atoms with Gasteiger partial charge in [-0.25, -0.2) is 4.39 Å². The lowest BCUT2D eigenvalue weighted by Gasteiger charge is -2.30. The SMILES string of the molecule is Cn1cc(C(=O)Nc2cc(F)c(CC(=O)N3C[C@@H](N4CC5COCC4C5)C[C@H]3CO[C@H]3CC[C@H](C(=O)O)CC3)cc2Cl)c2ccccc21. The van der Waals surface area contributed by atoms with E-state index < -0.39 is 17.7 Å². The predicted molar refractivity (Wildman–Crippen MR) is 179 cm³/mol. The van der Waals surface area contributed by atoms with Crippen LogP contribution >= 0.6 is 11.6 Å². The Morgan fingerprint density at radius 2 is 1.85 bits per heavy atom. The summed E-state index contributed by atoms with van der Waals surface area (Å²) in [5.74, 6) is -1.81. The van der Waals surface area contributed by atoms with Crippen LogP contribution in [0.15, 0.2) is 42.6 Å². The largest absolute Gasteiger partial charge is 0.481 e.